The van der Waals surface area contributed by atoms with Crippen molar-refractivity contribution in [1.29, 1.82) is 0 Å². The zero-order valence-corrected chi connectivity index (χ0v) is 27.9. The highest BCUT2D eigenvalue weighted by atomic mass is 19.2. The first-order valence-corrected chi connectivity index (χ1v) is 15.8. The second kappa shape index (κ2) is 15.3. The summed E-state index contributed by atoms with van der Waals surface area (Å²) in [4.78, 5) is 6.17. The highest BCUT2D eigenvalue weighted by Gasteiger charge is 2.19. The summed E-state index contributed by atoms with van der Waals surface area (Å²) in [5.74, 6) is 0.580. The van der Waals surface area contributed by atoms with Crippen molar-refractivity contribution < 1.29 is 27.5 Å². The molecule has 7 nitrogen and oxygen atoms in total. The summed E-state index contributed by atoms with van der Waals surface area (Å²) in [5, 5.41) is 0.432. The summed E-state index contributed by atoms with van der Waals surface area (Å²) >= 11 is 0. The molecule has 0 radical (unpaired) electrons. The van der Waals surface area contributed by atoms with Crippen molar-refractivity contribution >= 4 is 17.1 Å². The average molecular weight is 659 g/mol. The Morgan fingerprint density at radius 1 is 0.896 bits per heavy atom. The minimum atomic E-state index is -0.662. The fourth-order valence-corrected chi connectivity index (χ4v) is 5.83. The van der Waals surface area contributed by atoms with Gasteiger partial charge in [-0.25, -0.2) is 13.8 Å². The van der Waals surface area contributed by atoms with Crippen molar-refractivity contribution in [3.63, 3.8) is 0 Å². The number of halogens is 3. The Bertz CT molecular complexity index is 1820. The zero-order valence-electron chi connectivity index (χ0n) is 27.9. The van der Waals surface area contributed by atoms with Crippen LogP contribution in [0, 0.1) is 24.5 Å². The maximum atomic E-state index is 15.9. The van der Waals surface area contributed by atoms with Crippen LogP contribution < -0.4 is 20.3 Å². The van der Waals surface area contributed by atoms with Crippen LogP contribution >= 0.6 is 0 Å². The van der Waals surface area contributed by atoms with Gasteiger partial charge in [0.2, 0.25) is 0 Å². The second-order valence-electron chi connectivity index (χ2n) is 12.0. The van der Waals surface area contributed by atoms with E-state index in [1.54, 1.807) is 57.8 Å². The predicted octanol–water partition coefficient (Wildman–Crippen LogP) is 8.94. The van der Waals surface area contributed by atoms with E-state index in [0.717, 1.165) is 30.0 Å². The van der Waals surface area contributed by atoms with E-state index in [2.05, 4.69) is 4.98 Å². The van der Waals surface area contributed by atoms with Gasteiger partial charge in [0.15, 0.2) is 11.5 Å². The number of allylic oxidation sites excluding steroid dienone is 2. The molecule has 0 spiro atoms. The van der Waals surface area contributed by atoms with Gasteiger partial charge in [0.25, 0.3) is 0 Å². The fraction of sp³-hybridized carbons (Fsp3) is 0.289. The Morgan fingerprint density at radius 2 is 1.65 bits per heavy atom. The molecule has 2 N–H and O–H groups in total. The normalized spacial score (nSPS) is 14.2. The first-order chi connectivity index (χ1) is 23.1. The first-order valence-electron chi connectivity index (χ1n) is 15.8. The standard InChI is InChI=1S/C38H41F3N4O3/c1-24-6-9-31(34(39)16-24)25(2)21-44(23-27-12-14-48-15-13-27)22-26(3)45(41)30-8-10-32(35(40)19-30)33-17-29(20-43-38(33)42)28-7-11-36(46-4)37(18-28)47-5/h6-11,16-22,27H,12-15,23H2,1-5H3,(H2,42,43)/b25-21+,26-22+. The highest BCUT2D eigenvalue weighted by molar-refractivity contribution is 5.81. The van der Waals surface area contributed by atoms with Gasteiger partial charge in [0.05, 0.1) is 25.6 Å². The van der Waals surface area contributed by atoms with E-state index in [-0.39, 0.29) is 28.6 Å². The van der Waals surface area contributed by atoms with Gasteiger partial charge in [-0.1, -0.05) is 22.7 Å². The van der Waals surface area contributed by atoms with Crippen molar-refractivity contribution in [2.24, 2.45) is 5.92 Å². The van der Waals surface area contributed by atoms with Gasteiger partial charge >= 0.3 is 0 Å². The summed E-state index contributed by atoms with van der Waals surface area (Å²) in [6.07, 6.45) is 6.81. The van der Waals surface area contributed by atoms with Crippen molar-refractivity contribution in [3.05, 3.63) is 108 Å². The molecule has 10 heteroatoms. The summed E-state index contributed by atoms with van der Waals surface area (Å²) < 4.78 is 62.6. The smallest absolute Gasteiger partial charge is 0.161 e. The lowest BCUT2D eigenvalue weighted by atomic mass is 9.99. The lowest BCUT2D eigenvalue weighted by Gasteiger charge is -2.28. The quantitative estimate of drug-likeness (QED) is 0.161. The van der Waals surface area contributed by atoms with Crippen molar-refractivity contribution in [2.45, 2.75) is 33.6 Å². The van der Waals surface area contributed by atoms with Gasteiger partial charge < -0.3 is 24.8 Å². The molecule has 3 aromatic carbocycles. The topological polar surface area (TPSA) is 73.1 Å². The van der Waals surface area contributed by atoms with E-state index in [1.165, 1.54) is 18.2 Å². The molecule has 5 rings (SSSR count). The Kier molecular flexibility index (Phi) is 11.0. The van der Waals surface area contributed by atoms with Crippen LogP contribution in [0.25, 0.3) is 27.8 Å². The number of nitrogens with two attached hydrogens (primary N) is 1. The minimum Gasteiger partial charge on any atom is -0.493 e. The molecule has 2 heterocycles. The lowest BCUT2D eigenvalue weighted by Crippen LogP contribution is -2.27. The van der Waals surface area contributed by atoms with Crippen molar-refractivity contribution in [1.82, 2.24) is 9.88 Å². The molecule has 0 saturated carbocycles. The molecule has 1 fully saturated rings. The summed E-state index contributed by atoms with van der Waals surface area (Å²) in [7, 11) is 3.10. The van der Waals surface area contributed by atoms with Gasteiger partial charge in [-0.3, -0.25) is 0 Å². The molecule has 1 aliphatic heterocycles. The van der Waals surface area contributed by atoms with Crippen LogP contribution in [0.4, 0.5) is 24.8 Å². The number of nitrogen functional groups attached to an aromatic ring is 1. The number of methoxy groups -OCH3 is 2. The third kappa shape index (κ3) is 7.94. The second-order valence-corrected chi connectivity index (χ2v) is 12.0. The molecule has 1 saturated heterocycles. The maximum Gasteiger partial charge on any atom is 0.161 e. The molecule has 1 aromatic heterocycles. The van der Waals surface area contributed by atoms with Crippen molar-refractivity contribution in [2.75, 3.05) is 44.8 Å². The zero-order chi connectivity index (χ0) is 34.4. The fourth-order valence-electron chi connectivity index (χ4n) is 5.83. The van der Waals surface area contributed by atoms with Crippen LogP contribution in [0.3, 0.4) is 0 Å². The first kappa shape index (κ1) is 34.4. The number of benzene rings is 3. The van der Waals surface area contributed by atoms with Crippen LogP contribution in [0.2, 0.25) is 0 Å². The minimum absolute atomic E-state index is 0.00359. The Morgan fingerprint density at radius 3 is 2.33 bits per heavy atom. The summed E-state index contributed by atoms with van der Waals surface area (Å²) in [6.45, 7) is 7.19. The third-order valence-corrected chi connectivity index (χ3v) is 8.49. The number of pyridine rings is 1. The van der Waals surface area contributed by atoms with Crippen LogP contribution in [0.5, 0.6) is 11.5 Å². The van der Waals surface area contributed by atoms with Crippen LogP contribution in [0.1, 0.15) is 37.8 Å². The number of nitrogens with zero attached hydrogens (tertiary/aromatic N) is 3. The summed E-state index contributed by atoms with van der Waals surface area (Å²) in [6, 6.07) is 16.3. The third-order valence-electron chi connectivity index (χ3n) is 8.49. The van der Waals surface area contributed by atoms with Gasteiger partial charge in [0.1, 0.15) is 17.5 Å². The van der Waals surface area contributed by atoms with Crippen molar-refractivity contribution in [3.8, 4) is 33.8 Å². The number of rotatable bonds is 11. The van der Waals surface area contributed by atoms with Crippen LogP contribution in [-0.4, -0.2) is 43.9 Å². The summed E-state index contributed by atoms with van der Waals surface area (Å²) in [5.41, 5.74) is 10.4. The van der Waals surface area contributed by atoms with E-state index in [9.17, 15) is 4.39 Å². The Hall–Kier alpha value is -4.96. The number of hydrogen-bond acceptors (Lipinski definition) is 7. The van der Waals surface area contributed by atoms with Crippen LogP contribution in [0.15, 0.2) is 85.0 Å². The molecular weight excluding hydrogens is 617 g/mol. The molecular formula is C38H41F3N4O3. The van der Waals surface area contributed by atoms with Gasteiger partial charge in [0, 0.05) is 66.7 Å². The van der Waals surface area contributed by atoms with Gasteiger partial charge in [-0.15, -0.1) is 0 Å². The number of aromatic nitrogens is 1. The Labute approximate surface area is 280 Å². The molecule has 0 unspecified atom stereocenters. The molecule has 0 amide bonds. The van der Waals surface area contributed by atoms with Gasteiger partial charge in [-0.05, 0) is 92.6 Å². The largest absolute Gasteiger partial charge is 0.493 e. The highest BCUT2D eigenvalue weighted by Crippen LogP contribution is 2.37. The van der Waals surface area contributed by atoms with E-state index in [1.807, 2.05) is 37.1 Å². The van der Waals surface area contributed by atoms with E-state index < -0.39 is 5.82 Å². The molecule has 48 heavy (non-hydrogen) atoms. The van der Waals surface area contributed by atoms with E-state index in [0.29, 0.717) is 64.6 Å². The van der Waals surface area contributed by atoms with Gasteiger partial charge in [-0.2, -0.15) is 5.12 Å². The monoisotopic (exact) mass is 658 g/mol. The molecule has 0 bridgehead atoms. The maximum absolute atomic E-state index is 15.9. The average Bonchev–Trinajstić information content (AvgIpc) is 3.08. The number of ether oxygens (including phenoxy) is 3. The molecule has 252 valence electrons. The number of anilines is 2. The molecule has 0 atom stereocenters. The number of aryl methyl sites for hydroxylation is 1. The predicted molar refractivity (Wildman–Crippen MR) is 185 cm³/mol. The van der Waals surface area contributed by atoms with Crippen LogP contribution in [-0.2, 0) is 4.74 Å². The van der Waals surface area contributed by atoms with E-state index >= 15 is 8.87 Å². The Balaban J connectivity index is 1.42. The molecule has 1 aliphatic rings. The lowest BCUT2D eigenvalue weighted by molar-refractivity contribution is 0.0611. The SMILES string of the molecule is COc1ccc(-c2cnc(N)c(-c3ccc(N(F)/C(C)=C/N(/C=C(\C)c4ccc(C)cc4F)CC4CCOCC4)cc3F)c2)cc1OC. The molecule has 0 aliphatic carbocycles. The number of hydrogen-bond donors (Lipinski definition) is 1. The van der Waals surface area contributed by atoms with E-state index in [4.69, 9.17) is 19.9 Å². The molecule has 4 aromatic rings.